The van der Waals surface area contributed by atoms with Crippen LogP contribution in [0.3, 0.4) is 0 Å². The Hall–Kier alpha value is -0.120. The second-order valence-corrected chi connectivity index (χ2v) is 6.41. The second-order valence-electron chi connectivity index (χ2n) is 6.41. The molecule has 0 aromatic carbocycles. The van der Waals surface area contributed by atoms with Gasteiger partial charge in [-0.15, -0.1) is 0 Å². The maximum atomic E-state index is 5.56. The van der Waals surface area contributed by atoms with Crippen LogP contribution in [0.5, 0.6) is 0 Å². The minimum absolute atomic E-state index is 0.631. The first-order valence-electron chi connectivity index (χ1n) is 7.87. The van der Waals surface area contributed by atoms with Gasteiger partial charge < -0.3 is 10.1 Å². The predicted octanol–water partition coefficient (Wildman–Crippen LogP) is 1.88. The van der Waals surface area contributed by atoms with Gasteiger partial charge in [0.2, 0.25) is 0 Å². The monoisotopic (exact) mass is 252 g/mol. The molecule has 2 aliphatic heterocycles. The zero-order valence-corrected chi connectivity index (χ0v) is 11.7. The van der Waals surface area contributed by atoms with E-state index in [1.165, 1.54) is 51.6 Å². The number of hydrogen-bond donors (Lipinski definition) is 1. The highest BCUT2D eigenvalue weighted by Gasteiger charge is 2.36. The Morgan fingerprint density at radius 2 is 2.11 bits per heavy atom. The van der Waals surface area contributed by atoms with Crippen molar-refractivity contribution in [2.24, 2.45) is 11.8 Å². The van der Waals surface area contributed by atoms with Crippen LogP contribution >= 0.6 is 0 Å². The lowest BCUT2D eigenvalue weighted by Gasteiger charge is -2.40. The highest BCUT2D eigenvalue weighted by atomic mass is 16.5. The van der Waals surface area contributed by atoms with Crippen LogP contribution in [0.1, 0.15) is 38.5 Å². The lowest BCUT2D eigenvalue weighted by Crippen LogP contribution is -2.51. The van der Waals surface area contributed by atoms with Gasteiger partial charge in [0.05, 0.1) is 6.61 Å². The molecule has 0 aromatic rings. The molecule has 3 heteroatoms. The Morgan fingerprint density at radius 1 is 1.22 bits per heavy atom. The van der Waals surface area contributed by atoms with E-state index in [1.54, 1.807) is 0 Å². The molecular weight excluding hydrogens is 224 g/mol. The Morgan fingerprint density at radius 3 is 2.89 bits per heavy atom. The van der Waals surface area contributed by atoms with E-state index in [-0.39, 0.29) is 0 Å². The molecule has 104 valence electrons. The van der Waals surface area contributed by atoms with Gasteiger partial charge in [-0.1, -0.05) is 6.42 Å². The first-order valence-corrected chi connectivity index (χ1v) is 7.87. The van der Waals surface area contributed by atoms with Crippen LogP contribution in [0.4, 0.5) is 0 Å². The van der Waals surface area contributed by atoms with Crippen molar-refractivity contribution in [3.63, 3.8) is 0 Å². The molecule has 2 heterocycles. The number of rotatable bonds is 4. The normalized spacial score (nSPS) is 38.8. The van der Waals surface area contributed by atoms with Crippen LogP contribution in [0.15, 0.2) is 0 Å². The van der Waals surface area contributed by atoms with E-state index >= 15 is 0 Å². The molecule has 1 aliphatic carbocycles. The third-order valence-electron chi connectivity index (χ3n) is 5.44. The summed E-state index contributed by atoms with van der Waals surface area (Å²) in [7, 11) is 2.12. The number of hydrogen-bond acceptors (Lipinski definition) is 3. The molecule has 3 rings (SSSR count). The number of nitrogens with zero attached hydrogens (tertiary/aromatic N) is 1. The zero-order valence-electron chi connectivity index (χ0n) is 11.7. The number of likely N-dealkylation sites (N-methyl/N-ethyl adjacent to an activating group) is 1. The summed E-state index contributed by atoms with van der Waals surface area (Å²) in [5.41, 5.74) is 0. The van der Waals surface area contributed by atoms with Gasteiger partial charge in [-0.05, 0) is 51.6 Å². The molecule has 3 nitrogen and oxygen atoms in total. The first-order chi connectivity index (χ1) is 8.88. The van der Waals surface area contributed by atoms with E-state index in [1.807, 2.05) is 0 Å². The fraction of sp³-hybridized carbons (Fsp3) is 1.00. The van der Waals surface area contributed by atoms with Crippen molar-refractivity contribution in [2.45, 2.75) is 50.6 Å². The molecule has 0 aromatic heterocycles. The summed E-state index contributed by atoms with van der Waals surface area (Å²) in [5, 5.41) is 3.55. The zero-order chi connectivity index (χ0) is 12.4. The van der Waals surface area contributed by atoms with E-state index in [4.69, 9.17) is 4.74 Å². The lowest BCUT2D eigenvalue weighted by atomic mass is 9.90. The van der Waals surface area contributed by atoms with E-state index in [0.29, 0.717) is 6.04 Å². The Kier molecular flexibility index (Phi) is 4.22. The Bertz CT molecular complexity index is 265. The van der Waals surface area contributed by atoms with Crippen molar-refractivity contribution in [2.75, 3.05) is 33.4 Å². The Labute approximate surface area is 111 Å². The maximum absolute atomic E-state index is 5.56. The van der Waals surface area contributed by atoms with Crippen LogP contribution < -0.4 is 5.32 Å². The number of ether oxygens (including phenoxy) is 1. The molecule has 2 saturated heterocycles. The van der Waals surface area contributed by atoms with Gasteiger partial charge in [-0.25, -0.2) is 0 Å². The number of piperidine rings is 1. The predicted molar refractivity (Wildman–Crippen MR) is 73.7 cm³/mol. The van der Waals surface area contributed by atoms with Crippen LogP contribution in [-0.2, 0) is 4.74 Å². The molecule has 18 heavy (non-hydrogen) atoms. The molecule has 1 N–H and O–H groups in total. The summed E-state index contributed by atoms with van der Waals surface area (Å²) in [4.78, 5) is 2.79. The van der Waals surface area contributed by atoms with E-state index in [0.717, 1.165) is 31.1 Å². The summed E-state index contributed by atoms with van der Waals surface area (Å²) >= 11 is 0. The highest BCUT2D eigenvalue weighted by molar-refractivity contribution is 4.92. The summed E-state index contributed by atoms with van der Waals surface area (Å²) in [6.45, 7) is 4.50. The average Bonchev–Trinajstić information content (AvgIpc) is 3.06. The van der Waals surface area contributed by atoms with Gasteiger partial charge in [-0.3, -0.25) is 4.90 Å². The molecular formula is C15H28N2O. The van der Waals surface area contributed by atoms with Gasteiger partial charge in [0.1, 0.15) is 0 Å². The van der Waals surface area contributed by atoms with Gasteiger partial charge in [0.15, 0.2) is 0 Å². The lowest BCUT2D eigenvalue weighted by molar-refractivity contribution is 0.0888. The Balaban J connectivity index is 1.59. The topological polar surface area (TPSA) is 24.5 Å². The quantitative estimate of drug-likeness (QED) is 0.827. The van der Waals surface area contributed by atoms with Crippen LogP contribution in [0.25, 0.3) is 0 Å². The molecule has 0 radical (unpaired) electrons. The molecule has 4 unspecified atom stereocenters. The summed E-state index contributed by atoms with van der Waals surface area (Å²) in [5.74, 6) is 1.74. The van der Waals surface area contributed by atoms with Gasteiger partial charge in [0.25, 0.3) is 0 Å². The van der Waals surface area contributed by atoms with Gasteiger partial charge in [-0.2, -0.15) is 0 Å². The average molecular weight is 252 g/mol. The molecule has 3 aliphatic rings. The van der Waals surface area contributed by atoms with Crippen molar-refractivity contribution >= 4 is 0 Å². The molecule has 4 atom stereocenters. The smallest absolute Gasteiger partial charge is 0.0510 e. The summed E-state index contributed by atoms with van der Waals surface area (Å²) in [6, 6.07) is 1.53. The minimum Gasteiger partial charge on any atom is -0.381 e. The van der Waals surface area contributed by atoms with Gasteiger partial charge >= 0.3 is 0 Å². The fourth-order valence-corrected chi connectivity index (χ4v) is 4.38. The maximum Gasteiger partial charge on any atom is 0.0510 e. The largest absolute Gasteiger partial charge is 0.381 e. The van der Waals surface area contributed by atoms with Crippen molar-refractivity contribution < 1.29 is 4.74 Å². The van der Waals surface area contributed by atoms with Crippen LogP contribution in [0, 0.1) is 11.8 Å². The minimum atomic E-state index is 0.631. The second kappa shape index (κ2) is 5.89. The summed E-state index contributed by atoms with van der Waals surface area (Å²) in [6.07, 6.45) is 8.53. The van der Waals surface area contributed by atoms with Crippen molar-refractivity contribution in [3.8, 4) is 0 Å². The fourth-order valence-electron chi connectivity index (χ4n) is 4.38. The standard InChI is InChI=1S/C15H28N2O/c1-16-14(13-7-9-18-11-13)10-17-8-3-5-12-4-2-6-15(12)17/h12-16H,2-11H2,1H3. The molecule has 3 fully saturated rings. The van der Waals surface area contributed by atoms with E-state index in [9.17, 15) is 0 Å². The van der Waals surface area contributed by atoms with Crippen LogP contribution in [0.2, 0.25) is 0 Å². The summed E-state index contributed by atoms with van der Waals surface area (Å²) < 4.78 is 5.56. The number of nitrogens with one attached hydrogen (secondary N) is 1. The molecule has 0 spiro atoms. The van der Waals surface area contributed by atoms with Gasteiger partial charge in [0, 0.05) is 31.2 Å². The van der Waals surface area contributed by atoms with E-state index < -0.39 is 0 Å². The SMILES string of the molecule is CNC(CN1CCCC2CCCC21)C1CCOC1. The third-order valence-corrected chi connectivity index (χ3v) is 5.44. The van der Waals surface area contributed by atoms with Crippen LogP contribution in [-0.4, -0.2) is 50.3 Å². The molecule has 1 saturated carbocycles. The van der Waals surface area contributed by atoms with E-state index in [2.05, 4.69) is 17.3 Å². The molecule has 0 amide bonds. The highest BCUT2D eigenvalue weighted by Crippen LogP contribution is 2.37. The number of likely N-dealkylation sites (tertiary alicyclic amines) is 1. The first kappa shape index (κ1) is 12.9. The third kappa shape index (κ3) is 2.59. The van der Waals surface area contributed by atoms with Crippen molar-refractivity contribution in [1.82, 2.24) is 10.2 Å². The molecule has 0 bridgehead atoms. The number of fused-ring (bicyclic) bond motifs is 1. The van der Waals surface area contributed by atoms with Crippen molar-refractivity contribution in [1.29, 1.82) is 0 Å². The van der Waals surface area contributed by atoms with Crippen molar-refractivity contribution in [3.05, 3.63) is 0 Å².